The average molecular weight is 185 g/mol. The van der Waals surface area contributed by atoms with Crippen molar-refractivity contribution in [1.29, 1.82) is 5.26 Å². The van der Waals surface area contributed by atoms with Crippen LogP contribution in [-0.2, 0) is 4.89 Å². The SMILES string of the molecule is N#CO.O=C(O)OO.[KH].[NaH]. The molecule has 0 spiro atoms. The van der Waals surface area contributed by atoms with Gasteiger partial charge in [-0.15, -0.1) is 0 Å². The van der Waals surface area contributed by atoms with Crippen LogP contribution in [0, 0.1) is 11.5 Å². The third kappa shape index (κ3) is 61.1. The second-order valence-corrected chi connectivity index (χ2v) is 0.457. The number of nitrogens with zero attached hydrogens (tertiary/aromatic N) is 1. The molecule has 0 atom stereocenters. The van der Waals surface area contributed by atoms with Gasteiger partial charge in [0.2, 0.25) is 0 Å². The zero-order valence-electron chi connectivity index (χ0n) is 3.61. The molecule has 0 bridgehead atoms. The Morgan fingerprint density at radius 3 is 1.70 bits per heavy atom. The second kappa shape index (κ2) is 22.5. The van der Waals surface area contributed by atoms with Crippen LogP contribution in [0.5, 0.6) is 0 Å². The Morgan fingerprint density at radius 2 is 1.70 bits per heavy atom. The van der Waals surface area contributed by atoms with Gasteiger partial charge in [0.05, 0.1) is 0 Å². The summed E-state index contributed by atoms with van der Waals surface area (Å²) in [6.45, 7) is 0. The molecule has 0 saturated heterocycles. The zero-order valence-corrected chi connectivity index (χ0v) is 3.61. The molecular weight excluding hydrogens is 180 g/mol. The maximum absolute atomic E-state index is 8.90. The zero-order chi connectivity index (χ0) is 6.99. The van der Waals surface area contributed by atoms with Gasteiger partial charge < -0.3 is 10.2 Å². The molecule has 0 heterocycles. The van der Waals surface area contributed by atoms with E-state index in [2.05, 4.69) is 4.89 Å². The molecule has 10 heavy (non-hydrogen) atoms. The van der Waals surface area contributed by atoms with Gasteiger partial charge in [0, 0.05) is 0 Å². The number of hydrogen-bond donors (Lipinski definition) is 3. The predicted molar refractivity (Wildman–Crippen MR) is 33.6 cm³/mol. The number of aliphatic hydroxyl groups excluding tert-OH is 1. The van der Waals surface area contributed by atoms with Crippen molar-refractivity contribution < 1.29 is 25.2 Å². The molecule has 3 N–H and O–H groups in total. The summed E-state index contributed by atoms with van der Waals surface area (Å²) in [6.07, 6.45) is -0.940. The molecule has 0 rings (SSSR count). The number of rotatable bonds is 0. The normalized spacial score (nSPS) is 4.00. The number of hydrogen-bond acceptors (Lipinski definition) is 5. The molecule has 50 valence electrons. The molecule has 0 aromatic carbocycles. The number of carboxylic acid groups (broad SMARTS) is 1. The fourth-order valence-electron chi connectivity index (χ4n) is 0. The van der Waals surface area contributed by atoms with E-state index in [1.54, 1.807) is 0 Å². The van der Waals surface area contributed by atoms with Gasteiger partial charge in [-0.3, -0.25) is 4.89 Å². The van der Waals surface area contributed by atoms with Gasteiger partial charge in [-0.2, -0.15) is 10.5 Å². The van der Waals surface area contributed by atoms with Crippen LogP contribution in [0.4, 0.5) is 4.79 Å². The molecule has 6 nitrogen and oxygen atoms in total. The third-order valence-electron chi connectivity index (χ3n) is 0.0781. The first-order valence-corrected chi connectivity index (χ1v) is 1.26. The van der Waals surface area contributed by atoms with E-state index in [-0.39, 0.29) is 80.9 Å². The van der Waals surface area contributed by atoms with Crippen LogP contribution in [0.3, 0.4) is 0 Å². The van der Waals surface area contributed by atoms with Crippen LogP contribution in [0.1, 0.15) is 0 Å². The third-order valence-corrected chi connectivity index (χ3v) is 0.0781. The minimum absolute atomic E-state index is 0. The van der Waals surface area contributed by atoms with E-state index in [0.717, 1.165) is 6.26 Å². The van der Waals surface area contributed by atoms with Crippen LogP contribution >= 0.6 is 0 Å². The summed E-state index contributed by atoms with van der Waals surface area (Å²) in [5, 5.41) is 28.0. The Morgan fingerprint density at radius 1 is 1.60 bits per heavy atom. The molecular formula is C2H5KNNaO5. The monoisotopic (exact) mass is 185 g/mol. The summed E-state index contributed by atoms with van der Waals surface area (Å²) < 4.78 is 0. The van der Waals surface area contributed by atoms with Crippen molar-refractivity contribution in [2.24, 2.45) is 0 Å². The molecule has 0 aromatic heterocycles. The van der Waals surface area contributed by atoms with Gasteiger partial charge in [0.15, 0.2) is 0 Å². The topological polar surface area (TPSA) is 111 Å². The van der Waals surface area contributed by atoms with Crippen LogP contribution in [0.2, 0.25) is 0 Å². The van der Waals surface area contributed by atoms with E-state index < -0.39 is 6.16 Å². The quantitative estimate of drug-likeness (QED) is 0.187. The Kier molecular flexibility index (Phi) is 50.5. The Bertz CT molecular complexity index is 102. The predicted octanol–water partition coefficient (Wildman–Crippen LogP) is -1.30. The van der Waals surface area contributed by atoms with E-state index in [1.165, 1.54) is 0 Å². The van der Waals surface area contributed by atoms with Crippen molar-refractivity contribution in [1.82, 2.24) is 0 Å². The molecule has 0 aliphatic carbocycles. The van der Waals surface area contributed by atoms with E-state index in [9.17, 15) is 0 Å². The molecule has 0 aliphatic rings. The number of nitriles is 1. The molecule has 8 heteroatoms. The first-order valence-electron chi connectivity index (χ1n) is 1.26. The van der Waals surface area contributed by atoms with Crippen molar-refractivity contribution in [2.45, 2.75) is 0 Å². The molecule has 0 fully saturated rings. The van der Waals surface area contributed by atoms with E-state index in [1.807, 2.05) is 0 Å². The van der Waals surface area contributed by atoms with E-state index in [4.69, 9.17) is 25.5 Å². The van der Waals surface area contributed by atoms with Crippen molar-refractivity contribution in [3.8, 4) is 6.26 Å². The summed E-state index contributed by atoms with van der Waals surface area (Å²) in [5.41, 5.74) is 0. The van der Waals surface area contributed by atoms with Gasteiger partial charge in [0.1, 0.15) is 0 Å². The fourth-order valence-corrected chi connectivity index (χ4v) is 0. The van der Waals surface area contributed by atoms with Crippen LogP contribution in [-0.4, -0.2) is 103 Å². The van der Waals surface area contributed by atoms with E-state index >= 15 is 0 Å². The molecule has 0 unspecified atom stereocenters. The van der Waals surface area contributed by atoms with Gasteiger partial charge in [-0.25, -0.2) is 4.79 Å². The van der Waals surface area contributed by atoms with Crippen molar-refractivity contribution >= 4 is 87.1 Å². The van der Waals surface area contributed by atoms with Gasteiger partial charge in [-0.05, 0) is 0 Å². The standard InChI is InChI=1S/CHNO.CH2O4.K.Na.2H/c2-1-3;2-1(3)5-4;;;;/h3H;4H,(H,2,3);;;;. The fraction of sp³-hybridized carbons (Fsp3) is 0. The average Bonchev–Trinajstić information content (AvgIpc) is 1.69. The summed E-state index contributed by atoms with van der Waals surface area (Å²) >= 11 is 0. The first-order chi connectivity index (χ1) is 3.68. The summed E-state index contributed by atoms with van der Waals surface area (Å²) in [5.74, 6) is 0. The van der Waals surface area contributed by atoms with E-state index in [0.29, 0.717) is 0 Å². The summed E-state index contributed by atoms with van der Waals surface area (Å²) in [4.78, 5) is 11.6. The van der Waals surface area contributed by atoms with Crippen molar-refractivity contribution in [3.05, 3.63) is 0 Å². The Labute approximate surface area is 121 Å². The molecule has 0 saturated carbocycles. The first kappa shape index (κ1) is 22.5. The molecule has 0 amide bonds. The summed E-state index contributed by atoms with van der Waals surface area (Å²) in [6, 6.07) is 0. The maximum atomic E-state index is 8.90. The van der Waals surface area contributed by atoms with Gasteiger partial charge in [-0.1, -0.05) is 0 Å². The second-order valence-electron chi connectivity index (χ2n) is 0.457. The van der Waals surface area contributed by atoms with Crippen molar-refractivity contribution in [3.63, 3.8) is 0 Å². The Balaban J connectivity index is -0.0000000326. The molecule has 0 aromatic rings. The van der Waals surface area contributed by atoms with Gasteiger partial charge in [0.25, 0.3) is 6.26 Å². The summed E-state index contributed by atoms with van der Waals surface area (Å²) in [7, 11) is 0. The molecule has 0 radical (unpaired) electrons. The number of carbonyl (C=O) groups is 1. The van der Waals surface area contributed by atoms with Crippen LogP contribution in [0.25, 0.3) is 0 Å². The molecule has 0 aliphatic heterocycles. The van der Waals surface area contributed by atoms with Gasteiger partial charge >= 0.3 is 87.1 Å². The van der Waals surface area contributed by atoms with Crippen LogP contribution in [0.15, 0.2) is 0 Å². The Hall–Kier alpha value is 1.16. The number of aliphatic hydroxyl groups is 1. The van der Waals surface area contributed by atoms with Crippen LogP contribution < -0.4 is 0 Å². The van der Waals surface area contributed by atoms with Crippen molar-refractivity contribution in [2.75, 3.05) is 0 Å². The minimum atomic E-state index is -1.69.